The summed E-state index contributed by atoms with van der Waals surface area (Å²) in [5.41, 5.74) is 5.72. The van der Waals surface area contributed by atoms with Gasteiger partial charge in [0.15, 0.2) is 0 Å². The molecule has 2 heteroatoms. The third-order valence-corrected chi connectivity index (χ3v) is 2.08. The Bertz CT molecular complexity index is 89.6. The summed E-state index contributed by atoms with van der Waals surface area (Å²) in [4.78, 5) is 0. The van der Waals surface area contributed by atoms with Crippen molar-refractivity contribution < 1.29 is 0 Å². The van der Waals surface area contributed by atoms with E-state index in [2.05, 4.69) is 26.1 Å². The van der Waals surface area contributed by atoms with Gasteiger partial charge in [-0.3, -0.25) is 0 Å². The standard InChI is InChI=1S/C7H18N2/c1-6(2,3)7(4,8)9-5/h9H,8H2,1-5H3. The molecule has 0 rings (SSSR count). The Morgan fingerprint density at radius 3 is 1.44 bits per heavy atom. The average molecular weight is 130 g/mol. The maximum absolute atomic E-state index is 5.88. The third-order valence-electron chi connectivity index (χ3n) is 2.08. The Hall–Kier alpha value is -0.0800. The lowest BCUT2D eigenvalue weighted by Crippen LogP contribution is -2.58. The molecule has 0 aliphatic rings. The smallest absolute Gasteiger partial charge is 0.0680 e. The van der Waals surface area contributed by atoms with E-state index in [1.807, 2.05) is 14.0 Å². The van der Waals surface area contributed by atoms with Crippen LogP contribution in [-0.4, -0.2) is 12.7 Å². The maximum atomic E-state index is 5.88. The van der Waals surface area contributed by atoms with Crippen LogP contribution in [0.2, 0.25) is 0 Å². The molecule has 0 aliphatic heterocycles. The zero-order chi connectivity index (χ0) is 7.71. The second kappa shape index (κ2) is 2.27. The van der Waals surface area contributed by atoms with E-state index in [0.717, 1.165) is 0 Å². The Labute approximate surface area is 57.8 Å². The first kappa shape index (κ1) is 8.92. The molecule has 1 atom stereocenters. The zero-order valence-corrected chi connectivity index (χ0v) is 7.08. The first-order valence-corrected chi connectivity index (χ1v) is 3.29. The van der Waals surface area contributed by atoms with Crippen molar-refractivity contribution in [1.29, 1.82) is 0 Å². The summed E-state index contributed by atoms with van der Waals surface area (Å²) in [6.07, 6.45) is 0. The van der Waals surface area contributed by atoms with Gasteiger partial charge in [-0.2, -0.15) is 0 Å². The second-order valence-corrected chi connectivity index (χ2v) is 3.70. The molecule has 0 saturated heterocycles. The molecule has 0 radical (unpaired) electrons. The van der Waals surface area contributed by atoms with E-state index in [9.17, 15) is 0 Å². The SMILES string of the molecule is CNC(C)(N)C(C)(C)C. The topological polar surface area (TPSA) is 38.0 Å². The summed E-state index contributed by atoms with van der Waals surface area (Å²) >= 11 is 0. The molecule has 0 fully saturated rings. The Kier molecular flexibility index (Phi) is 2.25. The van der Waals surface area contributed by atoms with Crippen molar-refractivity contribution in [3.63, 3.8) is 0 Å². The first-order valence-electron chi connectivity index (χ1n) is 3.29. The van der Waals surface area contributed by atoms with Crippen molar-refractivity contribution in [1.82, 2.24) is 5.32 Å². The fraction of sp³-hybridized carbons (Fsp3) is 1.00. The molecule has 0 aromatic rings. The summed E-state index contributed by atoms with van der Waals surface area (Å²) in [6, 6.07) is 0. The van der Waals surface area contributed by atoms with Gasteiger partial charge in [0, 0.05) is 0 Å². The highest BCUT2D eigenvalue weighted by atomic mass is 15.1. The Morgan fingerprint density at radius 2 is 1.44 bits per heavy atom. The molecule has 0 amide bonds. The summed E-state index contributed by atoms with van der Waals surface area (Å²) in [5.74, 6) is 0. The number of nitrogens with one attached hydrogen (secondary N) is 1. The van der Waals surface area contributed by atoms with Crippen LogP contribution in [-0.2, 0) is 0 Å². The minimum absolute atomic E-state index is 0.113. The molecular formula is C7H18N2. The first-order chi connectivity index (χ1) is 3.81. The lowest BCUT2D eigenvalue weighted by atomic mass is 9.82. The van der Waals surface area contributed by atoms with Crippen LogP contribution in [0.4, 0.5) is 0 Å². The fourth-order valence-electron chi connectivity index (χ4n) is 0.375. The van der Waals surface area contributed by atoms with E-state index in [1.54, 1.807) is 0 Å². The van der Waals surface area contributed by atoms with Crippen molar-refractivity contribution in [2.75, 3.05) is 7.05 Å². The van der Waals surface area contributed by atoms with Crippen LogP contribution in [0.3, 0.4) is 0 Å². The van der Waals surface area contributed by atoms with Crippen LogP contribution in [0.25, 0.3) is 0 Å². The molecule has 0 aromatic heterocycles. The molecule has 0 spiro atoms. The molecule has 3 N–H and O–H groups in total. The van der Waals surface area contributed by atoms with Gasteiger partial charge < -0.3 is 11.1 Å². The van der Waals surface area contributed by atoms with Crippen LogP contribution < -0.4 is 11.1 Å². The molecule has 56 valence electrons. The molecule has 0 aliphatic carbocycles. The number of rotatable bonds is 1. The predicted molar refractivity (Wildman–Crippen MR) is 41.1 cm³/mol. The van der Waals surface area contributed by atoms with E-state index >= 15 is 0 Å². The highest BCUT2D eigenvalue weighted by Gasteiger charge is 2.31. The molecule has 0 saturated carbocycles. The van der Waals surface area contributed by atoms with E-state index in [0.29, 0.717) is 0 Å². The Morgan fingerprint density at radius 1 is 1.11 bits per heavy atom. The predicted octanol–water partition coefficient (Wildman–Crippen LogP) is 0.927. The lowest BCUT2D eigenvalue weighted by Gasteiger charge is -2.38. The van der Waals surface area contributed by atoms with Gasteiger partial charge in [0.25, 0.3) is 0 Å². The monoisotopic (exact) mass is 130 g/mol. The minimum atomic E-state index is -0.271. The molecule has 9 heavy (non-hydrogen) atoms. The minimum Gasteiger partial charge on any atom is -0.313 e. The molecule has 1 unspecified atom stereocenters. The van der Waals surface area contributed by atoms with Gasteiger partial charge in [-0.25, -0.2) is 0 Å². The molecular weight excluding hydrogens is 112 g/mol. The maximum Gasteiger partial charge on any atom is 0.0680 e. The highest BCUT2D eigenvalue weighted by molar-refractivity contribution is 4.86. The van der Waals surface area contributed by atoms with Crippen LogP contribution in [0.1, 0.15) is 27.7 Å². The Balaban J connectivity index is 4.14. The summed E-state index contributed by atoms with van der Waals surface area (Å²) in [7, 11) is 1.88. The van der Waals surface area contributed by atoms with Gasteiger partial charge in [-0.1, -0.05) is 20.8 Å². The van der Waals surface area contributed by atoms with Gasteiger partial charge >= 0.3 is 0 Å². The number of hydrogen-bond donors (Lipinski definition) is 2. The van der Waals surface area contributed by atoms with Gasteiger partial charge in [-0.15, -0.1) is 0 Å². The molecule has 2 nitrogen and oxygen atoms in total. The van der Waals surface area contributed by atoms with Crippen molar-refractivity contribution in [3.05, 3.63) is 0 Å². The molecule has 0 aromatic carbocycles. The van der Waals surface area contributed by atoms with Crippen molar-refractivity contribution >= 4 is 0 Å². The van der Waals surface area contributed by atoms with Crippen LogP contribution in [0, 0.1) is 5.41 Å². The van der Waals surface area contributed by atoms with E-state index in [1.165, 1.54) is 0 Å². The molecule has 0 bridgehead atoms. The fourth-order valence-corrected chi connectivity index (χ4v) is 0.375. The van der Waals surface area contributed by atoms with Gasteiger partial charge in [0.2, 0.25) is 0 Å². The summed E-state index contributed by atoms with van der Waals surface area (Å²) in [5, 5.41) is 3.06. The van der Waals surface area contributed by atoms with Crippen LogP contribution >= 0.6 is 0 Å². The third kappa shape index (κ3) is 1.95. The van der Waals surface area contributed by atoms with Crippen molar-refractivity contribution in [2.45, 2.75) is 33.4 Å². The van der Waals surface area contributed by atoms with Crippen molar-refractivity contribution in [3.8, 4) is 0 Å². The zero-order valence-electron chi connectivity index (χ0n) is 7.08. The van der Waals surface area contributed by atoms with Crippen LogP contribution in [0.5, 0.6) is 0 Å². The summed E-state index contributed by atoms with van der Waals surface area (Å²) in [6.45, 7) is 8.34. The highest BCUT2D eigenvalue weighted by Crippen LogP contribution is 2.24. The second-order valence-electron chi connectivity index (χ2n) is 3.70. The quantitative estimate of drug-likeness (QED) is 0.518. The van der Waals surface area contributed by atoms with Gasteiger partial charge in [-0.05, 0) is 19.4 Å². The van der Waals surface area contributed by atoms with Crippen LogP contribution in [0.15, 0.2) is 0 Å². The van der Waals surface area contributed by atoms with Crippen molar-refractivity contribution in [2.24, 2.45) is 11.1 Å². The van der Waals surface area contributed by atoms with Gasteiger partial charge in [0.05, 0.1) is 5.66 Å². The lowest BCUT2D eigenvalue weighted by molar-refractivity contribution is 0.175. The number of hydrogen-bond acceptors (Lipinski definition) is 2. The van der Waals surface area contributed by atoms with E-state index in [-0.39, 0.29) is 11.1 Å². The average Bonchev–Trinajstić information content (AvgIpc) is 1.64. The van der Waals surface area contributed by atoms with E-state index < -0.39 is 0 Å². The largest absolute Gasteiger partial charge is 0.313 e. The number of nitrogens with two attached hydrogens (primary N) is 1. The normalized spacial score (nSPS) is 19.3. The van der Waals surface area contributed by atoms with Gasteiger partial charge in [0.1, 0.15) is 0 Å². The summed E-state index contributed by atoms with van der Waals surface area (Å²) < 4.78 is 0. The van der Waals surface area contributed by atoms with E-state index in [4.69, 9.17) is 5.73 Å². The molecule has 0 heterocycles.